The minimum atomic E-state index is -0.386. The van der Waals surface area contributed by atoms with Crippen LogP contribution in [0, 0.1) is 11.8 Å². The molecule has 3 N–H and O–H groups in total. The number of rotatable bonds is 9. The molecule has 26 heavy (non-hydrogen) atoms. The van der Waals surface area contributed by atoms with Crippen LogP contribution in [0.4, 0.5) is 0 Å². The lowest BCUT2D eigenvalue weighted by atomic mass is 9.95. The van der Waals surface area contributed by atoms with Gasteiger partial charge in [-0.3, -0.25) is 4.79 Å². The number of methoxy groups -OCH3 is 1. The number of carbonyl (C=O) groups is 1. The van der Waals surface area contributed by atoms with E-state index < -0.39 is 0 Å². The first kappa shape index (κ1) is 22.9. The van der Waals surface area contributed by atoms with Crippen molar-refractivity contribution in [2.75, 3.05) is 20.3 Å². The number of nitrogens with two attached hydrogens (primary N) is 1. The standard InChI is InChI=1S/C19H29ClN2O3.ClH/c1-12(2)7-8-25-17-15(20)9-13(10-16(17)24-4)18(23)22-19(3,11-21)14-5-6-14;/h9-10,12,14H,5-8,11,21H2,1-4H3,(H,22,23);1H. The number of carbonyl (C=O) groups excluding carboxylic acids is 1. The van der Waals surface area contributed by atoms with E-state index in [1.54, 1.807) is 12.1 Å². The Morgan fingerprint density at radius 3 is 2.58 bits per heavy atom. The normalized spacial score (nSPS) is 15.8. The van der Waals surface area contributed by atoms with E-state index in [-0.39, 0.29) is 23.9 Å². The van der Waals surface area contributed by atoms with E-state index in [9.17, 15) is 4.79 Å². The quantitative estimate of drug-likeness (QED) is 0.650. The van der Waals surface area contributed by atoms with E-state index in [4.69, 9.17) is 26.8 Å². The molecule has 0 saturated heterocycles. The molecule has 2 rings (SSSR count). The third-order valence-electron chi connectivity index (χ3n) is 4.73. The molecule has 148 valence electrons. The van der Waals surface area contributed by atoms with Gasteiger partial charge in [0.05, 0.1) is 24.3 Å². The van der Waals surface area contributed by atoms with Gasteiger partial charge in [-0.15, -0.1) is 12.4 Å². The molecule has 1 fully saturated rings. The Balaban J connectivity index is 0.00000338. The van der Waals surface area contributed by atoms with Crippen molar-refractivity contribution in [1.82, 2.24) is 5.32 Å². The van der Waals surface area contributed by atoms with Crippen LogP contribution in [0.5, 0.6) is 11.5 Å². The van der Waals surface area contributed by atoms with Crippen molar-refractivity contribution in [2.45, 2.75) is 45.6 Å². The van der Waals surface area contributed by atoms with Crippen LogP contribution in [-0.4, -0.2) is 31.7 Å². The lowest BCUT2D eigenvalue weighted by Gasteiger charge is -2.29. The Hall–Kier alpha value is -1.17. The molecule has 0 heterocycles. The van der Waals surface area contributed by atoms with Gasteiger partial charge in [0.15, 0.2) is 11.5 Å². The Morgan fingerprint density at radius 2 is 2.08 bits per heavy atom. The maximum Gasteiger partial charge on any atom is 0.251 e. The SMILES string of the molecule is COc1cc(C(=O)NC(C)(CN)C2CC2)cc(Cl)c1OCCC(C)C.Cl. The Labute approximate surface area is 167 Å². The maximum atomic E-state index is 12.7. The Kier molecular flexibility index (Phi) is 8.51. The molecule has 0 radical (unpaired) electrons. The number of hydrogen-bond donors (Lipinski definition) is 2. The molecule has 1 aliphatic carbocycles. The van der Waals surface area contributed by atoms with E-state index in [0.29, 0.717) is 47.1 Å². The van der Waals surface area contributed by atoms with Crippen molar-refractivity contribution < 1.29 is 14.3 Å². The Morgan fingerprint density at radius 1 is 1.42 bits per heavy atom. The number of amides is 1. The first-order valence-corrected chi connectivity index (χ1v) is 9.21. The van der Waals surface area contributed by atoms with Gasteiger partial charge in [-0.05, 0) is 50.2 Å². The topological polar surface area (TPSA) is 73.6 Å². The molecule has 1 atom stereocenters. The second kappa shape index (κ2) is 9.67. The first-order valence-electron chi connectivity index (χ1n) is 8.83. The summed E-state index contributed by atoms with van der Waals surface area (Å²) in [5, 5.41) is 3.43. The zero-order valence-corrected chi connectivity index (χ0v) is 17.5. The summed E-state index contributed by atoms with van der Waals surface area (Å²) in [7, 11) is 1.54. The van der Waals surface area contributed by atoms with Crippen LogP contribution < -0.4 is 20.5 Å². The van der Waals surface area contributed by atoms with Gasteiger partial charge in [0, 0.05) is 12.1 Å². The molecule has 1 amide bonds. The number of ether oxygens (including phenoxy) is 2. The summed E-state index contributed by atoms with van der Waals surface area (Å²) in [6, 6.07) is 3.28. The Bertz CT molecular complexity index is 621. The van der Waals surface area contributed by atoms with Gasteiger partial charge in [-0.2, -0.15) is 0 Å². The molecule has 0 aromatic heterocycles. The molecule has 1 saturated carbocycles. The molecule has 0 bridgehead atoms. The van der Waals surface area contributed by atoms with E-state index >= 15 is 0 Å². The van der Waals surface area contributed by atoms with Gasteiger partial charge in [-0.1, -0.05) is 25.4 Å². The molecule has 0 spiro atoms. The largest absolute Gasteiger partial charge is 0.493 e. The van der Waals surface area contributed by atoms with Crippen molar-refractivity contribution in [1.29, 1.82) is 0 Å². The highest BCUT2D eigenvalue weighted by molar-refractivity contribution is 6.32. The van der Waals surface area contributed by atoms with Gasteiger partial charge in [0.25, 0.3) is 5.91 Å². The van der Waals surface area contributed by atoms with E-state index in [0.717, 1.165) is 19.3 Å². The van der Waals surface area contributed by atoms with Crippen LogP contribution in [0.1, 0.15) is 50.4 Å². The smallest absolute Gasteiger partial charge is 0.251 e. The molecule has 1 aromatic rings. The van der Waals surface area contributed by atoms with Gasteiger partial charge in [0.2, 0.25) is 0 Å². The zero-order chi connectivity index (χ0) is 18.6. The van der Waals surface area contributed by atoms with Crippen molar-refractivity contribution in [3.63, 3.8) is 0 Å². The summed E-state index contributed by atoms with van der Waals surface area (Å²) in [5.74, 6) is 1.71. The second-order valence-corrected chi connectivity index (χ2v) is 7.78. The van der Waals surface area contributed by atoms with Crippen molar-refractivity contribution in [3.05, 3.63) is 22.7 Å². The summed E-state index contributed by atoms with van der Waals surface area (Å²) in [4.78, 5) is 12.7. The molecule has 1 unspecified atom stereocenters. The number of nitrogens with one attached hydrogen (secondary N) is 1. The lowest BCUT2D eigenvalue weighted by Crippen LogP contribution is -2.53. The highest BCUT2D eigenvalue weighted by Crippen LogP contribution is 2.40. The average Bonchev–Trinajstić information content (AvgIpc) is 3.40. The molecular formula is C19H30Cl2N2O3. The van der Waals surface area contributed by atoms with Crippen LogP contribution in [0.2, 0.25) is 5.02 Å². The van der Waals surface area contributed by atoms with Crippen LogP contribution in [0.25, 0.3) is 0 Å². The van der Waals surface area contributed by atoms with Crippen LogP contribution in [0.15, 0.2) is 12.1 Å². The van der Waals surface area contributed by atoms with Crippen LogP contribution in [0.3, 0.4) is 0 Å². The van der Waals surface area contributed by atoms with E-state index in [1.165, 1.54) is 7.11 Å². The molecule has 5 nitrogen and oxygen atoms in total. The predicted molar refractivity (Wildman–Crippen MR) is 108 cm³/mol. The molecular weight excluding hydrogens is 375 g/mol. The second-order valence-electron chi connectivity index (χ2n) is 7.37. The monoisotopic (exact) mass is 404 g/mol. The fourth-order valence-corrected chi connectivity index (χ4v) is 3.02. The van der Waals surface area contributed by atoms with Crippen molar-refractivity contribution in [3.8, 4) is 11.5 Å². The fraction of sp³-hybridized carbons (Fsp3) is 0.632. The molecule has 1 aliphatic rings. The number of halogens is 2. The van der Waals surface area contributed by atoms with Gasteiger partial charge >= 0.3 is 0 Å². The number of hydrogen-bond acceptors (Lipinski definition) is 4. The van der Waals surface area contributed by atoms with Crippen LogP contribution in [-0.2, 0) is 0 Å². The third kappa shape index (κ3) is 5.66. The molecule has 1 aromatic carbocycles. The zero-order valence-electron chi connectivity index (χ0n) is 15.9. The predicted octanol–water partition coefficient (Wildman–Crippen LogP) is 4.05. The highest BCUT2D eigenvalue weighted by Gasteiger charge is 2.41. The summed E-state index contributed by atoms with van der Waals surface area (Å²) in [6.07, 6.45) is 3.11. The van der Waals surface area contributed by atoms with Crippen molar-refractivity contribution in [2.24, 2.45) is 17.6 Å². The third-order valence-corrected chi connectivity index (χ3v) is 5.02. The van der Waals surface area contributed by atoms with E-state index in [1.807, 2.05) is 6.92 Å². The summed E-state index contributed by atoms with van der Waals surface area (Å²) < 4.78 is 11.1. The minimum Gasteiger partial charge on any atom is -0.493 e. The number of benzene rings is 1. The fourth-order valence-electron chi connectivity index (χ4n) is 2.76. The lowest BCUT2D eigenvalue weighted by molar-refractivity contribution is 0.0897. The van der Waals surface area contributed by atoms with Gasteiger partial charge in [-0.25, -0.2) is 0 Å². The van der Waals surface area contributed by atoms with Gasteiger partial charge < -0.3 is 20.5 Å². The average molecular weight is 405 g/mol. The van der Waals surface area contributed by atoms with Gasteiger partial charge in [0.1, 0.15) is 0 Å². The summed E-state index contributed by atoms with van der Waals surface area (Å²) in [5.41, 5.74) is 5.94. The summed E-state index contributed by atoms with van der Waals surface area (Å²) >= 11 is 6.34. The summed E-state index contributed by atoms with van der Waals surface area (Å²) in [6.45, 7) is 7.20. The minimum absolute atomic E-state index is 0. The molecule has 7 heteroatoms. The van der Waals surface area contributed by atoms with Crippen molar-refractivity contribution >= 4 is 29.9 Å². The van der Waals surface area contributed by atoms with E-state index in [2.05, 4.69) is 19.2 Å². The first-order chi connectivity index (χ1) is 11.8. The molecule has 0 aliphatic heterocycles. The highest BCUT2D eigenvalue weighted by atomic mass is 35.5. The maximum absolute atomic E-state index is 12.7. The van der Waals surface area contributed by atoms with Crippen LogP contribution >= 0.6 is 24.0 Å².